The van der Waals surface area contributed by atoms with Crippen molar-refractivity contribution in [2.24, 2.45) is 11.8 Å². The van der Waals surface area contributed by atoms with Crippen LogP contribution in [0, 0.1) is 11.8 Å². The molecule has 1 spiro atoms. The van der Waals surface area contributed by atoms with Crippen molar-refractivity contribution >= 4 is 51.1 Å². The van der Waals surface area contributed by atoms with E-state index in [0.29, 0.717) is 32.5 Å². The van der Waals surface area contributed by atoms with E-state index in [0.717, 1.165) is 11.3 Å². The average Bonchev–Trinajstić information content (AvgIpc) is 3.58. The molecule has 2 aromatic rings. The van der Waals surface area contributed by atoms with E-state index < -0.39 is 22.6 Å². The van der Waals surface area contributed by atoms with Gasteiger partial charge in [0.2, 0.25) is 17.7 Å². The van der Waals surface area contributed by atoms with Crippen molar-refractivity contribution in [2.75, 3.05) is 31.1 Å². The number of thioether (sulfide) groups is 1. The summed E-state index contributed by atoms with van der Waals surface area (Å²) in [4.78, 5) is 48.2. The highest BCUT2D eigenvalue weighted by molar-refractivity contribution is 9.09. The van der Waals surface area contributed by atoms with E-state index in [2.05, 4.69) is 29.1 Å². The Morgan fingerprint density at radius 1 is 1.05 bits per heavy atom. The first kappa shape index (κ1) is 29.6. The van der Waals surface area contributed by atoms with Crippen LogP contribution in [0.1, 0.15) is 18.4 Å². The number of carbonyl (C=O) groups excluding carboxylic acids is 3. The summed E-state index contributed by atoms with van der Waals surface area (Å²) in [6.07, 6.45) is 4.36. The number of halogens is 1. The van der Waals surface area contributed by atoms with Gasteiger partial charge < -0.3 is 19.8 Å². The molecule has 41 heavy (non-hydrogen) atoms. The predicted molar refractivity (Wildman–Crippen MR) is 167 cm³/mol. The number of aliphatic hydroxyl groups excluding tert-OH is 1. The summed E-state index contributed by atoms with van der Waals surface area (Å²) >= 11 is 5.47. The van der Waals surface area contributed by atoms with Gasteiger partial charge in [-0.2, -0.15) is 0 Å². The number of hydrogen-bond donors (Lipinski definition) is 1. The molecule has 3 amide bonds. The van der Waals surface area contributed by atoms with Crippen LogP contribution >= 0.6 is 27.7 Å². The van der Waals surface area contributed by atoms with Crippen molar-refractivity contribution in [3.05, 3.63) is 91.5 Å². The maximum atomic E-state index is 14.5. The molecule has 6 atom stereocenters. The molecule has 3 heterocycles. The Morgan fingerprint density at radius 3 is 2.34 bits per heavy atom. The minimum absolute atomic E-state index is 0.0260. The summed E-state index contributed by atoms with van der Waals surface area (Å²) in [6, 6.07) is 18.5. The van der Waals surface area contributed by atoms with Crippen molar-refractivity contribution < 1.29 is 19.5 Å². The quantitative estimate of drug-likeness (QED) is 0.278. The Labute approximate surface area is 254 Å². The number of aliphatic hydroxyl groups is 1. The molecule has 216 valence electrons. The van der Waals surface area contributed by atoms with Crippen LogP contribution in [-0.4, -0.2) is 79.7 Å². The van der Waals surface area contributed by atoms with Crippen molar-refractivity contribution in [1.29, 1.82) is 0 Å². The number of alkyl halides is 1. The Bertz CT molecular complexity index is 1290. The number of likely N-dealkylation sites (tertiary alicyclic amines) is 1. The maximum Gasteiger partial charge on any atom is 0.247 e. The molecule has 0 radical (unpaired) electrons. The number of para-hydroxylation sites is 1. The summed E-state index contributed by atoms with van der Waals surface area (Å²) in [5, 5.41) is 9.52. The summed E-state index contributed by atoms with van der Waals surface area (Å²) < 4.78 is -0.755. The summed E-state index contributed by atoms with van der Waals surface area (Å²) in [5.41, 5.74) is 1.74. The van der Waals surface area contributed by atoms with Crippen LogP contribution in [0.15, 0.2) is 86.0 Å². The molecule has 3 unspecified atom stereocenters. The van der Waals surface area contributed by atoms with Gasteiger partial charge in [0.1, 0.15) is 6.04 Å². The molecule has 0 aliphatic carbocycles. The molecule has 2 bridgehead atoms. The Morgan fingerprint density at radius 2 is 1.71 bits per heavy atom. The van der Waals surface area contributed by atoms with E-state index in [1.165, 1.54) is 0 Å². The number of hydrogen-bond acceptors (Lipinski definition) is 5. The molecule has 7 nitrogen and oxygen atoms in total. The largest absolute Gasteiger partial charge is 0.396 e. The number of benzene rings is 2. The number of nitrogens with zero attached hydrogens (tertiary/aromatic N) is 3. The van der Waals surface area contributed by atoms with Crippen LogP contribution in [0.25, 0.3) is 0 Å². The molecule has 3 saturated heterocycles. The first-order valence-electron chi connectivity index (χ1n) is 14.0. The van der Waals surface area contributed by atoms with Crippen LogP contribution < -0.4 is 4.90 Å². The second kappa shape index (κ2) is 12.5. The summed E-state index contributed by atoms with van der Waals surface area (Å²) in [6.45, 7) is 8.95. The molecule has 0 saturated carbocycles. The van der Waals surface area contributed by atoms with E-state index in [4.69, 9.17) is 0 Å². The summed E-state index contributed by atoms with van der Waals surface area (Å²) in [5.74, 6) is -1.67. The van der Waals surface area contributed by atoms with E-state index in [1.807, 2.05) is 60.7 Å². The molecule has 5 rings (SSSR count). The topological polar surface area (TPSA) is 81.2 Å². The van der Waals surface area contributed by atoms with Gasteiger partial charge in [0, 0.05) is 48.6 Å². The highest BCUT2D eigenvalue weighted by atomic mass is 79.9. The standard InChI is InChI=1S/C32H36BrN3O4S/c1-3-16-34(21-22-12-7-5-8-13-22)31(40)28-32-20-24(33)27(41-32)25(26(32)30(39)36(28)18-11-19-37)29(38)35(17-4-2)23-14-9-6-10-15-23/h3-10,12-15,24-28,37H,1-2,11,16-21H2/t24?,25-,26-,27-,28?,32?/m0/s1. The summed E-state index contributed by atoms with van der Waals surface area (Å²) in [7, 11) is 0. The third-order valence-electron chi connectivity index (χ3n) is 8.39. The van der Waals surface area contributed by atoms with E-state index >= 15 is 0 Å². The van der Waals surface area contributed by atoms with Crippen LogP contribution in [-0.2, 0) is 20.9 Å². The molecule has 3 aliphatic heterocycles. The molecular formula is C32H36BrN3O4S. The van der Waals surface area contributed by atoms with Crippen molar-refractivity contribution in [1.82, 2.24) is 9.80 Å². The smallest absolute Gasteiger partial charge is 0.247 e. The SMILES string of the molecule is C=CCN(Cc1ccccc1)C(=O)C1N(CCCO)C(=O)[C@@H]2[C@H](C(=O)N(CC=C)c3ccccc3)[C@H]3SC12CC3Br. The minimum Gasteiger partial charge on any atom is -0.396 e. The zero-order valence-corrected chi connectivity index (χ0v) is 25.4. The van der Waals surface area contributed by atoms with Gasteiger partial charge in [-0.3, -0.25) is 14.4 Å². The number of rotatable bonds is 12. The van der Waals surface area contributed by atoms with Crippen molar-refractivity contribution in [3.8, 4) is 0 Å². The predicted octanol–water partition coefficient (Wildman–Crippen LogP) is 4.27. The Balaban J connectivity index is 1.54. The molecule has 0 aromatic heterocycles. The lowest BCUT2D eigenvalue weighted by Crippen LogP contribution is -2.55. The molecule has 3 fully saturated rings. The van der Waals surface area contributed by atoms with Gasteiger partial charge >= 0.3 is 0 Å². The number of anilines is 1. The van der Waals surface area contributed by atoms with Gasteiger partial charge in [-0.05, 0) is 30.5 Å². The fraction of sp³-hybridized carbons (Fsp3) is 0.406. The molecule has 3 aliphatic rings. The van der Waals surface area contributed by atoms with Crippen LogP contribution in [0.2, 0.25) is 0 Å². The van der Waals surface area contributed by atoms with Gasteiger partial charge in [0.15, 0.2) is 0 Å². The first-order valence-corrected chi connectivity index (χ1v) is 15.8. The van der Waals surface area contributed by atoms with Gasteiger partial charge in [-0.1, -0.05) is 76.6 Å². The fourth-order valence-electron chi connectivity index (χ4n) is 6.78. The van der Waals surface area contributed by atoms with E-state index in [1.54, 1.807) is 38.6 Å². The maximum absolute atomic E-state index is 14.5. The zero-order valence-electron chi connectivity index (χ0n) is 23.0. The van der Waals surface area contributed by atoms with Gasteiger partial charge in [0.05, 0.1) is 16.6 Å². The zero-order chi connectivity index (χ0) is 29.1. The van der Waals surface area contributed by atoms with Crippen molar-refractivity contribution in [3.63, 3.8) is 0 Å². The van der Waals surface area contributed by atoms with Crippen LogP contribution in [0.5, 0.6) is 0 Å². The van der Waals surface area contributed by atoms with Gasteiger partial charge in [0.25, 0.3) is 0 Å². The lowest BCUT2D eigenvalue weighted by molar-refractivity contribution is -0.143. The highest BCUT2D eigenvalue weighted by Gasteiger charge is 2.76. The first-order chi connectivity index (χ1) is 19.9. The monoisotopic (exact) mass is 637 g/mol. The normalized spacial score (nSPS) is 27.9. The number of fused-ring (bicyclic) bond motifs is 1. The van der Waals surface area contributed by atoms with Crippen LogP contribution in [0.4, 0.5) is 5.69 Å². The molecule has 1 N–H and O–H groups in total. The highest BCUT2D eigenvalue weighted by Crippen LogP contribution is 2.68. The van der Waals surface area contributed by atoms with E-state index in [9.17, 15) is 19.5 Å². The van der Waals surface area contributed by atoms with Crippen molar-refractivity contribution in [2.45, 2.75) is 40.3 Å². The lowest BCUT2D eigenvalue weighted by atomic mass is 9.70. The number of carbonyl (C=O) groups is 3. The van der Waals surface area contributed by atoms with E-state index in [-0.39, 0.29) is 41.0 Å². The third-order valence-corrected chi connectivity index (χ3v) is 11.6. The Kier molecular flexibility index (Phi) is 9.06. The second-order valence-corrected chi connectivity index (χ2v) is 13.6. The van der Waals surface area contributed by atoms with Gasteiger partial charge in [-0.25, -0.2) is 0 Å². The van der Waals surface area contributed by atoms with Gasteiger partial charge in [-0.15, -0.1) is 24.9 Å². The average molecular weight is 639 g/mol. The number of amides is 3. The second-order valence-electron chi connectivity index (χ2n) is 10.8. The lowest BCUT2D eigenvalue weighted by Gasteiger charge is -2.38. The minimum atomic E-state index is -0.755. The molecule has 9 heteroatoms. The fourth-order valence-corrected chi connectivity index (χ4v) is 10.4. The Hall–Kier alpha value is -2.88. The third kappa shape index (κ3) is 5.28. The van der Waals surface area contributed by atoms with Crippen LogP contribution in [0.3, 0.4) is 0 Å². The molecule has 2 aromatic carbocycles. The molecular weight excluding hydrogens is 602 g/mol.